The summed E-state index contributed by atoms with van der Waals surface area (Å²) < 4.78 is 5.14. The highest BCUT2D eigenvalue weighted by atomic mass is 16.5. The molecule has 0 aliphatic heterocycles. The predicted octanol–water partition coefficient (Wildman–Crippen LogP) is 3.77. The molecule has 0 saturated carbocycles. The summed E-state index contributed by atoms with van der Waals surface area (Å²) in [4.78, 5) is 24.6. The molecular weight excluding hydrogens is 276 g/mol. The molecule has 1 unspecified atom stereocenters. The maximum atomic E-state index is 12.4. The number of ether oxygens (including phenoxy) is 1. The van der Waals surface area contributed by atoms with Crippen LogP contribution >= 0.6 is 0 Å². The van der Waals surface area contributed by atoms with E-state index in [4.69, 9.17) is 4.74 Å². The highest BCUT2D eigenvalue weighted by Crippen LogP contribution is 2.23. The van der Waals surface area contributed by atoms with E-state index in [1.807, 2.05) is 36.4 Å². The molecule has 0 radical (unpaired) electrons. The molecule has 1 atom stereocenters. The van der Waals surface area contributed by atoms with Gasteiger partial charge in [-0.3, -0.25) is 9.59 Å². The zero-order valence-corrected chi connectivity index (χ0v) is 12.3. The van der Waals surface area contributed by atoms with Crippen molar-refractivity contribution in [3.05, 3.63) is 84.4 Å². The molecule has 0 spiro atoms. The lowest BCUT2D eigenvalue weighted by Crippen LogP contribution is -2.19. The Morgan fingerprint density at radius 2 is 1.59 bits per heavy atom. The molecule has 0 bridgehead atoms. The third-order valence-electron chi connectivity index (χ3n) is 3.32. The number of hydrogen-bond acceptors (Lipinski definition) is 3. The first-order chi connectivity index (χ1) is 10.7. The second kappa shape index (κ2) is 7.93. The number of ketones is 1. The van der Waals surface area contributed by atoms with E-state index in [2.05, 4.69) is 6.58 Å². The Hall–Kier alpha value is -2.68. The molecule has 112 valence electrons. The summed E-state index contributed by atoms with van der Waals surface area (Å²) in [5, 5.41) is 0. The van der Waals surface area contributed by atoms with Crippen molar-refractivity contribution < 1.29 is 14.3 Å². The standard InChI is InChI=1S/C19H18O3/c1-2-13-22-19(21)17(15-9-5-3-6-10-15)14-18(20)16-11-7-4-8-12-16/h2-12,17H,1,13-14H2. The van der Waals surface area contributed by atoms with E-state index in [0.29, 0.717) is 5.56 Å². The third-order valence-corrected chi connectivity index (χ3v) is 3.32. The largest absolute Gasteiger partial charge is 0.461 e. The van der Waals surface area contributed by atoms with Gasteiger partial charge in [-0.1, -0.05) is 73.3 Å². The second-order valence-corrected chi connectivity index (χ2v) is 4.88. The fourth-order valence-corrected chi connectivity index (χ4v) is 2.19. The molecule has 3 nitrogen and oxygen atoms in total. The van der Waals surface area contributed by atoms with Crippen LogP contribution in [0.1, 0.15) is 28.3 Å². The van der Waals surface area contributed by atoms with E-state index >= 15 is 0 Å². The Morgan fingerprint density at radius 1 is 1.00 bits per heavy atom. The lowest BCUT2D eigenvalue weighted by molar-refractivity contribution is -0.144. The Morgan fingerprint density at radius 3 is 2.18 bits per heavy atom. The van der Waals surface area contributed by atoms with Crippen LogP contribution in [-0.2, 0) is 9.53 Å². The molecule has 0 aromatic heterocycles. The molecule has 3 heteroatoms. The average molecular weight is 294 g/mol. The van der Waals surface area contributed by atoms with Gasteiger partial charge in [0, 0.05) is 12.0 Å². The number of Topliss-reactive ketones (excluding diaryl/α,β-unsaturated/α-hetero) is 1. The van der Waals surface area contributed by atoms with Gasteiger partial charge in [0.1, 0.15) is 6.61 Å². The molecule has 0 aliphatic carbocycles. The van der Waals surface area contributed by atoms with Crippen molar-refractivity contribution in [3.8, 4) is 0 Å². The molecule has 0 aliphatic rings. The molecule has 2 aromatic carbocycles. The second-order valence-electron chi connectivity index (χ2n) is 4.88. The first-order valence-corrected chi connectivity index (χ1v) is 7.13. The smallest absolute Gasteiger partial charge is 0.314 e. The van der Waals surface area contributed by atoms with Crippen molar-refractivity contribution in [3.63, 3.8) is 0 Å². The fourth-order valence-electron chi connectivity index (χ4n) is 2.19. The van der Waals surface area contributed by atoms with Crippen molar-refractivity contribution in [2.24, 2.45) is 0 Å². The van der Waals surface area contributed by atoms with E-state index in [0.717, 1.165) is 5.56 Å². The number of carbonyl (C=O) groups excluding carboxylic acids is 2. The first-order valence-electron chi connectivity index (χ1n) is 7.13. The van der Waals surface area contributed by atoms with Gasteiger partial charge < -0.3 is 4.74 Å². The average Bonchev–Trinajstić information content (AvgIpc) is 2.59. The first kappa shape index (κ1) is 15.7. The van der Waals surface area contributed by atoms with Gasteiger partial charge in [0.25, 0.3) is 0 Å². The summed E-state index contributed by atoms with van der Waals surface area (Å²) in [6.45, 7) is 3.67. The molecule has 0 N–H and O–H groups in total. The molecule has 0 fully saturated rings. The number of hydrogen-bond donors (Lipinski definition) is 0. The monoisotopic (exact) mass is 294 g/mol. The van der Waals surface area contributed by atoms with Gasteiger partial charge in [-0.15, -0.1) is 0 Å². The van der Waals surface area contributed by atoms with Crippen LogP contribution in [0.3, 0.4) is 0 Å². The maximum absolute atomic E-state index is 12.4. The molecule has 2 aromatic rings. The Labute approximate surface area is 130 Å². The summed E-state index contributed by atoms with van der Waals surface area (Å²) in [7, 11) is 0. The molecular formula is C19H18O3. The third kappa shape index (κ3) is 4.16. The van der Waals surface area contributed by atoms with Crippen LogP contribution < -0.4 is 0 Å². The summed E-state index contributed by atoms with van der Waals surface area (Å²) in [6.07, 6.45) is 1.60. The lowest BCUT2D eigenvalue weighted by Gasteiger charge is -2.15. The zero-order valence-electron chi connectivity index (χ0n) is 12.3. The minimum Gasteiger partial charge on any atom is -0.461 e. The summed E-state index contributed by atoms with van der Waals surface area (Å²) >= 11 is 0. The molecule has 2 rings (SSSR count). The summed E-state index contributed by atoms with van der Waals surface area (Å²) in [5.74, 6) is -1.09. The predicted molar refractivity (Wildman–Crippen MR) is 85.7 cm³/mol. The topological polar surface area (TPSA) is 43.4 Å². The SMILES string of the molecule is C=CCOC(=O)C(CC(=O)c1ccccc1)c1ccccc1. The number of carbonyl (C=O) groups is 2. The molecule has 0 heterocycles. The molecule has 0 saturated heterocycles. The van der Waals surface area contributed by atoms with E-state index in [9.17, 15) is 9.59 Å². The van der Waals surface area contributed by atoms with Crippen LogP contribution in [0.2, 0.25) is 0 Å². The van der Waals surface area contributed by atoms with Gasteiger partial charge in [0.15, 0.2) is 5.78 Å². The summed E-state index contributed by atoms with van der Waals surface area (Å²) in [6, 6.07) is 18.2. The van der Waals surface area contributed by atoms with Crippen molar-refractivity contribution in [2.45, 2.75) is 12.3 Å². The van der Waals surface area contributed by atoms with Crippen molar-refractivity contribution >= 4 is 11.8 Å². The van der Waals surface area contributed by atoms with E-state index in [1.54, 1.807) is 24.3 Å². The quantitative estimate of drug-likeness (QED) is 0.443. The van der Waals surface area contributed by atoms with Crippen LogP contribution in [-0.4, -0.2) is 18.4 Å². The Bertz CT molecular complexity index is 632. The van der Waals surface area contributed by atoms with Gasteiger partial charge in [0.2, 0.25) is 0 Å². The van der Waals surface area contributed by atoms with E-state index < -0.39 is 11.9 Å². The highest BCUT2D eigenvalue weighted by Gasteiger charge is 2.25. The Kier molecular flexibility index (Phi) is 5.66. The van der Waals surface area contributed by atoms with Gasteiger partial charge in [-0.2, -0.15) is 0 Å². The molecule has 0 amide bonds. The Balaban J connectivity index is 2.19. The minimum atomic E-state index is -0.603. The van der Waals surface area contributed by atoms with Gasteiger partial charge in [0.05, 0.1) is 5.92 Å². The van der Waals surface area contributed by atoms with E-state index in [-0.39, 0.29) is 18.8 Å². The number of rotatable bonds is 7. The van der Waals surface area contributed by atoms with Crippen molar-refractivity contribution in [1.29, 1.82) is 0 Å². The number of benzene rings is 2. The zero-order chi connectivity index (χ0) is 15.8. The van der Waals surface area contributed by atoms with Gasteiger partial charge in [-0.05, 0) is 5.56 Å². The van der Waals surface area contributed by atoms with Crippen LogP contribution in [0, 0.1) is 0 Å². The van der Waals surface area contributed by atoms with Crippen LogP contribution in [0.5, 0.6) is 0 Å². The van der Waals surface area contributed by atoms with Crippen LogP contribution in [0.15, 0.2) is 73.3 Å². The maximum Gasteiger partial charge on any atom is 0.314 e. The highest BCUT2D eigenvalue weighted by molar-refractivity contribution is 5.99. The van der Waals surface area contributed by atoms with Crippen LogP contribution in [0.4, 0.5) is 0 Å². The number of esters is 1. The normalized spacial score (nSPS) is 11.5. The summed E-state index contributed by atoms with van der Waals surface area (Å²) in [5.41, 5.74) is 1.38. The molecule has 22 heavy (non-hydrogen) atoms. The van der Waals surface area contributed by atoms with E-state index in [1.165, 1.54) is 6.08 Å². The van der Waals surface area contributed by atoms with Crippen molar-refractivity contribution in [2.75, 3.05) is 6.61 Å². The lowest BCUT2D eigenvalue weighted by atomic mass is 9.91. The van der Waals surface area contributed by atoms with Gasteiger partial charge in [-0.25, -0.2) is 0 Å². The minimum absolute atomic E-state index is 0.0787. The van der Waals surface area contributed by atoms with Gasteiger partial charge >= 0.3 is 5.97 Å². The van der Waals surface area contributed by atoms with Crippen molar-refractivity contribution in [1.82, 2.24) is 0 Å². The fraction of sp³-hybridized carbons (Fsp3) is 0.158. The van der Waals surface area contributed by atoms with Crippen LogP contribution in [0.25, 0.3) is 0 Å².